The second-order valence-corrected chi connectivity index (χ2v) is 13.2. The number of aliphatic hydroxyl groups is 1. The molecule has 5 aliphatic rings. The number of rotatable bonds is 3. The molecule has 7 atom stereocenters. The average molecular weight is 642 g/mol. The molecule has 4 bridgehead atoms. The molecule has 2 aromatic carbocycles. The number of nitrogens with one attached hydrogen (secondary N) is 2. The maximum absolute atomic E-state index is 13.3. The lowest BCUT2D eigenvalue weighted by Crippen LogP contribution is -2.69. The number of phenolic OH excluding ortho intramolecular Hbond substituents is 1. The third-order valence-electron chi connectivity index (χ3n) is 9.36. The van der Waals surface area contributed by atoms with Gasteiger partial charge >= 0.3 is 11.9 Å². The topological polar surface area (TPSA) is 165 Å². The number of methoxy groups -OCH3 is 1. The number of aromatic hydroxyl groups is 1. The highest BCUT2D eigenvalue weighted by Gasteiger charge is 2.58. The number of amides is 1. The molecule has 5 heterocycles. The molecule has 2 fully saturated rings. The molecule has 2 saturated heterocycles. The third-order valence-corrected chi connectivity index (χ3v) is 10.8. The van der Waals surface area contributed by atoms with Gasteiger partial charge in [0, 0.05) is 47.9 Å². The molecule has 5 aliphatic heterocycles. The number of aliphatic hydroxyl groups excluding tert-OH is 1. The number of cyclic esters (lactones) is 1. The van der Waals surface area contributed by atoms with E-state index in [2.05, 4.69) is 10.6 Å². The highest BCUT2D eigenvalue weighted by atomic mass is 32.2. The predicted octanol–water partition coefficient (Wildman–Crippen LogP) is 1.82. The quantitative estimate of drug-likeness (QED) is 0.284. The van der Waals surface area contributed by atoms with Crippen LogP contribution in [-0.4, -0.2) is 83.6 Å². The molecule has 2 aromatic rings. The van der Waals surface area contributed by atoms with Crippen molar-refractivity contribution in [2.75, 3.05) is 26.3 Å². The molecule has 4 N–H and O–H groups in total. The molecular formula is C31H35N3O10S. The van der Waals surface area contributed by atoms with Crippen LogP contribution in [0.5, 0.6) is 28.7 Å². The Labute approximate surface area is 263 Å². The van der Waals surface area contributed by atoms with Crippen molar-refractivity contribution < 1.29 is 48.3 Å². The first-order valence-corrected chi connectivity index (χ1v) is 15.9. The zero-order chi connectivity index (χ0) is 31.9. The van der Waals surface area contributed by atoms with Gasteiger partial charge in [-0.3, -0.25) is 14.5 Å². The van der Waals surface area contributed by atoms with Crippen molar-refractivity contribution >= 4 is 29.6 Å². The third kappa shape index (κ3) is 4.52. The molecule has 0 aliphatic carbocycles. The van der Waals surface area contributed by atoms with Gasteiger partial charge in [-0.25, -0.2) is 4.79 Å². The van der Waals surface area contributed by atoms with E-state index >= 15 is 0 Å². The lowest BCUT2D eigenvalue weighted by molar-refractivity contribution is -0.160. The van der Waals surface area contributed by atoms with Crippen molar-refractivity contribution in [3.05, 3.63) is 39.4 Å². The van der Waals surface area contributed by atoms with Crippen molar-refractivity contribution in [2.24, 2.45) is 0 Å². The smallest absolute Gasteiger partial charge is 0.329 e. The van der Waals surface area contributed by atoms with Crippen LogP contribution in [-0.2, 0) is 25.5 Å². The van der Waals surface area contributed by atoms with E-state index in [0.29, 0.717) is 51.7 Å². The number of piperazine rings is 1. The summed E-state index contributed by atoms with van der Waals surface area (Å²) in [5, 5.41) is 29.4. The molecule has 240 valence electrons. The fraction of sp³-hybridized carbons (Fsp3) is 0.516. The minimum atomic E-state index is -1.04. The van der Waals surface area contributed by atoms with Gasteiger partial charge in [-0.15, -0.1) is 11.8 Å². The fourth-order valence-electron chi connectivity index (χ4n) is 7.73. The van der Waals surface area contributed by atoms with Crippen molar-refractivity contribution in [1.29, 1.82) is 0 Å². The van der Waals surface area contributed by atoms with Crippen molar-refractivity contribution in [1.82, 2.24) is 15.5 Å². The van der Waals surface area contributed by atoms with Gasteiger partial charge < -0.3 is 44.5 Å². The first kappa shape index (κ1) is 30.0. The van der Waals surface area contributed by atoms with Gasteiger partial charge in [0.25, 0.3) is 0 Å². The second kappa shape index (κ2) is 11.0. The van der Waals surface area contributed by atoms with Crippen LogP contribution in [0, 0.1) is 13.8 Å². The van der Waals surface area contributed by atoms with E-state index in [0.717, 1.165) is 11.1 Å². The lowest BCUT2D eigenvalue weighted by atomic mass is 9.74. The summed E-state index contributed by atoms with van der Waals surface area (Å²) < 4.78 is 29.3. The first-order chi connectivity index (χ1) is 21.5. The number of ether oxygens (including phenoxy) is 5. The summed E-state index contributed by atoms with van der Waals surface area (Å²) in [6, 6.07) is -1.21. The highest BCUT2D eigenvalue weighted by molar-refractivity contribution is 7.99. The molecule has 45 heavy (non-hydrogen) atoms. The van der Waals surface area contributed by atoms with E-state index < -0.39 is 53.6 Å². The van der Waals surface area contributed by atoms with Gasteiger partial charge in [0.2, 0.25) is 12.7 Å². The van der Waals surface area contributed by atoms with Gasteiger partial charge in [0.15, 0.2) is 23.0 Å². The maximum Gasteiger partial charge on any atom is 0.329 e. The number of carbonyl (C=O) groups is 3. The maximum atomic E-state index is 13.3. The minimum Gasteiger partial charge on any atom is -0.504 e. The number of thioether (sulfide) groups is 1. The normalized spacial score (nSPS) is 29.6. The first-order valence-electron chi connectivity index (χ1n) is 14.8. The Morgan fingerprint density at radius 1 is 1.11 bits per heavy atom. The van der Waals surface area contributed by atoms with Crippen molar-refractivity contribution in [3.63, 3.8) is 0 Å². The average Bonchev–Trinajstić information content (AvgIpc) is 3.48. The Balaban J connectivity index is 1.50. The van der Waals surface area contributed by atoms with Gasteiger partial charge in [0.1, 0.15) is 24.6 Å². The van der Waals surface area contributed by atoms with E-state index in [1.54, 1.807) is 6.92 Å². The Kier molecular flexibility index (Phi) is 7.30. The summed E-state index contributed by atoms with van der Waals surface area (Å²) in [6.07, 6.45) is -0.605. The Bertz CT molecular complexity index is 1630. The van der Waals surface area contributed by atoms with Crippen LogP contribution in [0.25, 0.3) is 0 Å². The molecule has 0 spiro atoms. The SMILES string of the molecule is COc1c(C)cc2c(c1O)[C@H]1N[C@H](C2)[C@H](O)N2[C@H]1[C@@H]1SCC(NC(C)=O)C(=O)OC[C@H]2c2c3c(c(C)c(OC(C)=O)c21)OCO3. The highest BCUT2D eigenvalue weighted by Crippen LogP contribution is 2.62. The predicted molar refractivity (Wildman–Crippen MR) is 160 cm³/mol. The summed E-state index contributed by atoms with van der Waals surface area (Å²) in [6.45, 7) is 6.07. The number of esters is 2. The summed E-state index contributed by atoms with van der Waals surface area (Å²) >= 11 is 1.37. The molecule has 1 amide bonds. The van der Waals surface area contributed by atoms with Gasteiger partial charge in [-0.05, 0) is 31.4 Å². The summed E-state index contributed by atoms with van der Waals surface area (Å²) in [4.78, 5) is 39.8. The molecule has 0 radical (unpaired) electrons. The standard InChI is InChI=1S/C31H35N3O10S/c1-11-6-15-7-16-30(38)34-18-8-41-31(39)17(32-13(3)35)9-45-29(23(34)22(33-16)19(15)24(37)25(11)40-5)21-20(18)28-27(42-10-43-28)12(2)26(21)44-14(4)36/h6,16-18,22-23,29-30,33,37-38H,7-10H2,1-5H3,(H,32,35)/t16-,17?,18+,22-,23-,29-,30+/m1/s1. The summed E-state index contributed by atoms with van der Waals surface area (Å²) in [7, 11) is 1.51. The monoisotopic (exact) mass is 641 g/mol. The van der Waals surface area contributed by atoms with Crippen LogP contribution in [0.1, 0.15) is 64.6 Å². The van der Waals surface area contributed by atoms with E-state index in [1.807, 2.05) is 17.9 Å². The van der Waals surface area contributed by atoms with Crippen LogP contribution in [0.2, 0.25) is 0 Å². The molecule has 0 saturated carbocycles. The van der Waals surface area contributed by atoms with Crippen molar-refractivity contribution in [2.45, 2.75) is 75.8 Å². The molecule has 1 unspecified atom stereocenters. The van der Waals surface area contributed by atoms with Gasteiger partial charge in [-0.1, -0.05) is 6.07 Å². The number of benzene rings is 2. The number of phenols is 1. The molecule has 0 aromatic heterocycles. The van der Waals surface area contributed by atoms with Crippen LogP contribution in [0.3, 0.4) is 0 Å². The van der Waals surface area contributed by atoms with Crippen molar-refractivity contribution in [3.8, 4) is 28.7 Å². The number of carbonyl (C=O) groups excluding carboxylic acids is 3. The number of hydrogen-bond acceptors (Lipinski definition) is 13. The summed E-state index contributed by atoms with van der Waals surface area (Å²) in [5.74, 6) is 0.164. The van der Waals surface area contributed by atoms with Crippen LogP contribution < -0.4 is 29.6 Å². The number of hydrogen-bond donors (Lipinski definition) is 4. The zero-order valence-electron chi connectivity index (χ0n) is 25.5. The Morgan fingerprint density at radius 3 is 2.58 bits per heavy atom. The fourth-order valence-corrected chi connectivity index (χ4v) is 9.25. The Morgan fingerprint density at radius 2 is 1.87 bits per heavy atom. The number of nitrogens with zero attached hydrogens (tertiary/aromatic N) is 1. The second-order valence-electron chi connectivity index (χ2n) is 12.0. The molecular weight excluding hydrogens is 606 g/mol. The Hall–Kier alpha value is -3.72. The molecule has 14 heteroatoms. The zero-order valence-corrected chi connectivity index (χ0v) is 26.3. The molecule has 7 rings (SSSR count). The van der Waals surface area contributed by atoms with Crippen LogP contribution in [0.4, 0.5) is 0 Å². The minimum absolute atomic E-state index is 0.0163. The van der Waals surface area contributed by atoms with Crippen LogP contribution in [0.15, 0.2) is 6.07 Å². The molecule has 13 nitrogen and oxygen atoms in total. The van der Waals surface area contributed by atoms with E-state index in [4.69, 9.17) is 23.7 Å². The number of aryl methyl sites for hydroxylation is 1. The lowest BCUT2D eigenvalue weighted by Gasteiger charge is -2.59. The summed E-state index contributed by atoms with van der Waals surface area (Å²) in [5.41, 5.74) is 4.16. The van der Waals surface area contributed by atoms with E-state index in [-0.39, 0.29) is 30.8 Å². The number of fused-ring (bicyclic) bond motifs is 9. The van der Waals surface area contributed by atoms with Gasteiger partial charge in [0.05, 0.1) is 30.5 Å². The largest absolute Gasteiger partial charge is 0.504 e. The van der Waals surface area contributed by atoms with E-state index in [1.165, 1.54) is 32.7 Å². The van der Waals surface area contributed by atoms with E-state index in [9.17, 15) is 24.6 Å². The van der Waals surface area contributed by atoms with Crippen LogP contribution >= 0.6 is 11.8 Å². The van der Waals surface area contributed by atoms with Gasteiger partial charge in [-0.2, -0.15) is 0 Å².